The summed E-state index contributed by atoms with van der Waals surface area (Å²) >= 11 is 1.61. The van der Waals surface area contributed by atoms with Crippen molar-refractivity contribution in [1.82, 2.24) is 15.8 Å². The topological polar surface area (TPSA) is 91.0 Å². The molecule has 0 radical (unpaired) electrons. The molecule has 8 nitrogen and oxygen atoms in total. The fourth-order valence-corrected chi connectivity index (χ4v) is 3.55. The van der Waals surface area contributed by atoms with E-state index < -0.39 is 18.2 Å². The van der Waals surface area contributed by atoms with Crippen molar-refractivity contribution in [3.63, 3.8) is 0 Å². The number of thioether (sulfide) groups is 1. The minimum atomic E-state index is -3.23. The highest BCUT2D eigenvalue weighted by molar-refractivity contribution is 7.98. The van der Waals surface area contributed by atoms with Crippen molar-refractivity contribution >= 4 is 35.3 Å². The number of anilines is 1. The first-order valence-electron chi connectivity index (χ1n) is 10.1. The molecule has 2 aromatic carbocycles. The number of hydrogen-bond donors (Lipinski definition) is 2. The summed E-state index contributed by atoms with van der Waals surface area (Å²) in [4.78, 5) is 40.7. The monoisotopic (exact) mass is 478 g/mol. The van der Waals surface area contributed by atoms with Crippen LogP contribution in [0, 0.1) is 0 Å². The van der Waals surface area contributed by atoms with E-state index in [2.05, 4.69) is 0 Å². The van der Waals surface area contributed by atoms with Gasteiger partial charge in [0.05, 0.1) is 19.8 Å². The first-order chi connectivity index (χ1) is 15.9. The van der Waals surface area contributed by atoms with E-state index in [1.54, 1.807) is 39.1 Å². The van der Waals surface area contributed by atoms with Crippen LogP contribution in [-0.4, -0.2) is 61.7 Å². The Labute approximate surface area is 194 Å². The van der Waals surface area contributed by atoms with Gasteiger partial charge in [0.15, 0.2) is 0 Å². The third-order valence-corrected chi connectivity index (χ3v) is 5.69. The zero-order valence-corrected chi connectivity index (χ0v) is 18.7. The number of nitrogens with zero attached hydrogens (tertiary/aromatic N) is 2. The Balaban J connectivity index is 1.74. The van der Waals surface area contributed by atoms with Gasteiger partial charge in [-0.2, -0.15) is 8.78 Å². The van der Waals surface area contributed by atoms with Crippen LogP contribution < -0.4 is 15.8 Å². The van der Waals surface area contributed by atoms with E-state index in [1.807, 2.05) is 35.9 Å². The molecule has 0 aliphatic carbocycles. The second kappa shape index (κ2) is 11.6. The van der Waals surface area contributed by atoms with Crippen molar-refractivity contribution in [2.45, 2.75) is 17.9 Å². The summed E-state index contributed by atoms with van der Waals surface area (Å²) in [6.45, 7) is 2.23. The molecule has 0 saturated carbocycles. The molecule has 2 aromatic rings. The van der Waals surface area contributed by atoms with Crippen LogP contribution in [0.3, 0.4) is 0 Å². The highest BCUT2D eigenvalue weighted by Gasteiger charge is 2.24. The number of urea groups is 1. The number of benzene rings is 2. The summed E-state index contributed by atoms with van der Waals surface area (Å²) in [5.74, 6) is -2.32. The number of halogens is 2. The lowest BCUT2D eigenvalue weighted by Gasteiger charge is -2.33. The van der Waals surface area contributed by atoms with Crippen LogP contribution in [-0.2, 0) is 16.1 Å². The summed E-state index contributed by atoms with van der Waals surface area (Å²) in [6, 6.07) is 13.8. The van der Waals surface area contributed by atoms with Gasteiger partial charge in [-0.3, -0.25) is 25.3 Å². The molecule has 1 saturated heterocycles. The Morgan fingerprint density at radius 3 is 2.24 bits per heavy atom. The van der Waals surface area contributed by atoms with Gasteiger partial charge in [0.1, 0.15) is 0 Å². The summed E-state index contributed by atoms with van der Waals surface area (Å²) in [5, 5.41) is 0. The van der Waals surface area contributed by atoms with Crippen molar-refractivity contribution in [3.05, 3.63) is 59.7 Å². The highest BCUT2D eigenvalue weighted by atomic mass is 32.2. The van der Waals surface area contributed by atoms with E-state index in [1.165, 1.54) is 12.1 Å². The van der Waals surface area contributed by atoms with Crippen LogP contribution in [0.5, 0.6) is 0 Å². The standard InChI is InChI=1S/C22H24F2N4O4S/c1-33-18-8-6-17(7-9-18)28(22(31)27-10-12-32-13-11-27)14-15-2-4-16(5-3-15)20(29)25-26-21(30)19(23)24/h2-9,19H,10-14H2,1H3,(H,25,29)(H,26,30). The molecule has 176 valence electrons. The number of ether oxygens (including phenoxy) is 1. The van der Waals surface area contributed by atoms with Gasteiger partial charge in [-0.05, 0) is 48.2 Å². The van der Waals surface area contributed by atoms with Crippen molar-refractivity contribution in [3.8, 4) is 0 Å². The van der Waals surface area contributed by atoms with Gasteiger partial charge in [0, 0.05) is 29.2 Å². The van der Waals surface area contributed by atoms with Crippen LogP contribution in [0.4, 0.5) is 19.3 Å². The van der Waals surface area contributed by atoms with Crippen LogP contribution in [0.15, 0.2) is 53.4 Å². The molecule has 1 aliphatic heterocycles. The molecule has 0 bridgehead atoms. The number of nitrogens with one attached hydrogen (secondary N) is 2. The zero-order valence-electron chi connectivity index (χ0n) is 17.9. The fourth-order valence-electron chi connectivity index (χ4n) is 3.15. The quantitative estimate of drug-likeness (QED) is 0.492. The van der Waals surface area contributed by atoms with E-state index in [9.17, 15) is 23.2 Å². The number of rotatable bonds is 6. The average molecular weight is 479 g/mol. The maximum atomic E-state index is 13.3. The van der Waals surface area contributed by atoms with Crippen molar-refractivity contribution in [2.75, 3.05) is 37.5 Å². The Bertz CT molecular complexity index is 967. The Morgan fingerprint density at radius 2 is 1.67 bits per heavy atom. The molecule has 1 heterocycles. The van der Waals surface area contributed by atoms with Gasteiger partial charge in [-0.15, -0.1) is 11.8 Å². The van der Waals surface area contributed by atoms with Crippen LogP contribution >= 0.6 is 11.8 Å². The first kappa shape index (κ1) is 24.5. The summed E-state index contributed by atoms with van der Waals surface area (Å²) in [6.07, 6.45) is -1.25. The third kappa shape index (κ3) is 6.65. The van der Waals surface area contributed by atoms with Gasteiger partial charge >= 0.3 is 18.4 Å². The molecule has 1 fully saturated rings. The maximum absolute atomic E-state index is 13.3. The molecule has 0 atom stereocenters. The van der Waals surface area contributed by atoms with Gasteiger partial charge in [-0.25, -0.2) is 4.79 Å². The number of hydrazine groups is 1. The van der Waals surface area contributed by atoms with Crippen molar-refractivity contribution < 1.29 is 27.9 Å². The van der Waals surface area contributed by atoms with Gasteiger partial charge < -0.3 is 9.64 Å². The molecule has 0 aromatic heterocycles. The predicted octanol–water partition coefficient (Wildman–Crippen LogP) is 2.89. The Morgan fingerprint density at radius 1 is 1.03 bits per heavy atom. The predicted molar refractivity (Wildman–Crippen MR) is 120 cm³/mol. The van der Waals surface area contributed by atoms with Crippen LogP contribution in [0.2, 0.25) is 0 Å². The summed E-state index contributed by atoms with van der Waals surface area (Å²) < 4.78 is 29.8. The van der Waals surface area contributed by atoms with Gasteiger partial charge in [0.2, 0.25) is 0 Å². The summed E-state index contributed by atoms with van der Waals surface area (Å²) in [7, 11) is 0. The van der Waals surface area contributed by atoms with Crippen LogP contribution in [0.25, 0.3) is 0 Å². The molecule has 0 unspecified atom stereocenters. The molecule has 0 spiro atoms. The molecule has 3 rings (SSSR count). The van der Waals surface area contributed by atoms with Crippen LogP contribution in [0.1, 0.15) is 15.9 Å². The Kier molecular flexibility index (Phi) is 8.61. The largest absolute Gasteiger partial charge is 0.378 e. The average Bonchev–Trinajstić information content (AvgIpc) is 2.86. The molecular formula is C22H24F2N4O4S. The molecule has 33 heavy (non-hydrogen) atoms. The number of carbonyl (C=O) groups excluding carboxylic acids is 3. The smallest absolute Gasteiger partial charge is 0.324 e. The molecule has 2 N–H and O–H groups in total. The minimum Gasteiger partial charge on any atom is -0.378 e. The van der Waals surface area contributed by atoms with Gasteiger partial charge in [0.25, 0.3) is 5.91 Å². The highest BCUT2D eigenvalue weighted by Crippen LogP contribution is 2.24. The lowest BCUT2D eigenvalue weighted by atomic mass is 10.1. The second-order valence-electron chi connectivity index (χ2n) is 7.11. The number of hydrogen-bond acceptors (Lipinski definition) is 5. The van der Waals surface area contributed by atoms with Crippen molar-refractivity contribution in [1.29, 1.82) is 0 Å². The van der Waals surface area contributed by atoms with E-state index >= 15 is 0 Å². The number of alkyl halides is 2. The normalized spacial score (nSPS) is 13.5. The molecular weight excluding hydrogens is 454 g/mol. The number of carbonyl (C=O) groups is 3. The minimum absolute atomic E-state index is 0.147. The van der Waals surface area contributed by atoms with E-state index in [0.29, 0.717) is 26.3 Å². The second-order valence-corrected chi connectivity index (χ2v) is 7.99. The van der Waals surface area contributed by atoms with Crippen molar-refractivity contribution in [2.24, 2.45) is 0 Å². The zero-order chi connectivity index (χ0) is 23.8. The Hall–Kier alpha value is -3.18. The summed E-state index contributed by atoms with van der Waals surface area (Å²) in [5.41, 5.74) is 5.25. The molecule has 4 amide bonds. The van der Waals surface area contributed by atoms with E-state index in [4.69, 9.17) is 4.74 Å². The van der Waals surface area contributed by atoms with E-state index in [-0.39, 0.29) is 18.1 Å². The number of amides is 4. The third-order valence-electron chi connectivity index (χ3n) is 4.95. The fraction of sp³-hybridized carbons (Fsp3) is 0.318. The number of morpholine rings is 1. The van der Waals surface area contributed by atoms with Gasteiger partial charge in [-0.1, -0.05) is 12.1 Å². The first-order valence-corrected chi connectivity index (χ1v) is 11.4. The lowest BCUT2D eigenvalue weighted by molar-refractivity contribution is -0.132. The molecule has 11 heteroatoms. The lowest BCUT2D eigenvalue weighted by Crippen LogP contribution is -2.48. The molecule has 1 aliphatic rings. The SMILES string of the molecule is CSc1ccc(N(Cc2ccc(C(=O)NNC(=O)C(F)F)cc2)C(=O)N2CCOCC2)cc1. The van der Waals surface area contributed by atoms with E-state index in [0.717, 1.165) is 16.1 Å². The maximum Gasteiger partial charge on any atom is 0.324 e.